The number of carbonyl (C=O) groups excluding carboxylic acids is 1. The van der Waals surface area contributed by atoms with Crippen molar-refractivity contribution in [3.05, 3.63) is 71.8 Å². The number of carbonyl (C=O) groups is 1. The Hall–Kier alpha value is -2.13. The van der Waals surface area contributed by atoms with Crippen LogP contribution in [0.3, 0.4) is 0 Å². The van der Waals surface area contributed by atoms with Gasteiger partial charge in [-0.1, -0.05) is 60.7 Å². The molecule has 2 aromatic carbocycles. The number of nitrogens with zero attached hydrogens (tertiary/aromatic N) is 1. The quantitative estimate of drug-likeness (QED) is 0.801. The topological polar surface area (TPSA) is 29.5 Å². The van der Waals surface area contributed by atoms with E-state index in [4.69, 9.17) is 4.74 Å². The van der Waals surface area contributed by atoms with Crippen molar-refractivity contribution in [2.45, 2.75) is 18.7 Å². The van der Waals surface area contributed by atoms with E-state index in [-0.39, 0.29) is 18.2 Å². The minimum atomic E-state index is -0.280. The minimum Gasteiger partial charge on any atom is -0.441 e. The Morgan fingerprint density at radius 3 is 2.25 bits per heavy atom. The summed E-state index contributed by atoms with van der Waals surface area (Å²) < 4.78 is 5.53. The van der Waals surface area contributed by atoms with Gasteiger partial charge in [-0.15, -0.1) is 0 Å². The molecule has 102 valence electrons. The van der Waals surface area contributed by atoms with Gasteiger partial charge in [0.05, 0.1) is 0 Å². The van der Waals surface area contributed by atoms with Gasteiger partial charge in [-0.2, -0.15) is 0 Å². The zero-order chi connectivity index (χ0) is 13.9. The van der Waals surface area contributed by atoms with Crippen LogP contribution < -0.4 is 0 Å². The van der Waals surface area contributed by atoms with Crippen LogP contribution in [0.15, 0.2) is 60.7 Å². The van der Waals surface area contributed by atoms with Crippen LogP contribution in [0, 0.1) is 0 Å². The van der Waals surface area contributed by atoms with Crippen molar-refractivity contribution in [2.75, 3.05) is 7.05 Å². The van der Waals surface area contributed by atoms with Crippen molar-refractivity contribution in [3.8, 4) is 0 Å². The second-order valence-electron chi connectivity index (χ2n) is 5.07. The Morgan fingerprint density at radius 2 is 1.60 bits per heavy atom. The van der Waals surface area contributed by atoms with Crippen LogP contribution in [0.4, 0.5) is 0 Å². The Morgan fingerprint density at radius 1 is 1.00 bits per heavy atom. The van der Waals surface area contributed by atoms with E-state index in [9.17, 15) is 4.79 Å². The van der Waals surface area contributed by atoms with Crippen molar-refractivity contribution in [3.63, 3.8) is 0 Å². The molecular formula is C17H17NO2. The van der Waals surface area contributed by atoms with Crippen LogP contribution in [0.2, 0.25) is 0 Å². The van der Waals surface area contributed by atoms with Gasteiger partial charge in [0.2, 0.25) is 0 Å². The normalized spacial score (nSPS) is 22.8. The molecule has 3 heteroatoms. The molecular weight excluding hydrogens is 250 g/mol. The molecule has 2 atom stereocenters. The number of esters is 1. The molecule has 1 saturated heterocycles. The Bertz CT molecular complexity index is 582. The first-order valence-electron chi connectivity index (χ1n) is 6.77. The minimum absolute atomic E-state index is 0.148. The van der Waals surface area contributed by atoms with Crippen LogP contribution in [0.25, 0.3) is 0 Å². The third-order valence-corrected chi connectivity index (χ3v) is 3.72. The van der Waals surface area contributed by atoms with E-state index in [1.54, 1.807) is 0 Å². The summed E-state index contributed by atoms with van der Waals surface area (Å²) in [6.07, 6.45) is 0.400. The number of cyclic esters (lactones) is 1. The predicted molar refractivity (Wildman–Crippen MR) is 77.0 cm³/mol. The van der Waals surface area contributed by atoms with E-state index in [0.717, 1.165) is 11.1 Å². The molecule has 0 amide bonds. The number of ether oxygens (including phenoxy) is 1. The summed E-state index contributed by atoms with van der Waals surface area (Å²) in [5, 5.41) is 0. The molecule has 2 aromatic rings. The predicted octanol–water partition coefficient (Wildman–Crippen LogP) is 2.79. The SMILES string of the molecule is CN1[C@@H](c2ccccc2)OC(=O)[C@@H]1Cc1ccccc1. The summed E-state index contributed by atoms with van der Waals surface area (Å²) >= 11 is 0. The fourth-order valence-electron chi connectivity index (χ4n) is 2.59. The summed E-state index contributed by atoms with van der Waals surface area (Å²) in [6, 6.07) is 19.7. The Balaban J connectivity index is 1.79. The second-order valence-corrected chi connectivity index (χ2v) is 5.07. The van der Waals surface area contributed by atoms with Gasteiger partial charge in [-0.05, 0) is 19.0 Å². The maximum atomic E-state index is 12.1. The fraction of sp³-hybridized carbons (Fsp3) is 0.235. The van der Waals surface area contributed by atoms with Crippen LogP contribution in [0.5, 0.6) is 0 Å². The van der Waals surface area contributed by atoms with Gasteiger partial charge in [0.15, 0.2) is 6.23 Å². The standard InChI is InChI=1S/C17H17NO2/c1-18-15(12-13-8-4-2-5-9-13)17(19)20-16(18)14-10-6-3-7-11-14/h2-11,15-16H,12H2,1H3/t15-,16+/m0/s1. The van der Waals surface area contributed by atoms with Crippen molar-refractivity contribution >= 4 is 5.97 Å². The maximum absolute atomic E-state index is 12.1. The van der Waals surface area contributed by atoms with Crippen molar-refractivity contribution < 1.29 is 9.53 Å². The maximum Gasteiger partial charge on any atom is 0.325 e. The average molecular weight is 267 g/mol. The lowest BCUT2D eigenvalue weighted by Crippen LogP contribution is -2.32. The molecule has 3 nitrogen and oxygen atoms in total. The van der Waals surface area contributed by atoms with Crippen LogP contribution >= 0.6 is 0 Å². The lowest BCUT2D eigenvalue weighted by molar-refractivity contribution is -0.143. The molecule has 0 spiro atoms. The third kappa shape index (κ3) is 2.45. The summed E-state index contributed by atoms with van der Waals surface area (Å²) in [4.78, 5) is 14.1. The molecule has 1 heterocycles. The molecule has 0 radical (unpaired) electrons. The Kier molecular flexibility index (Phi) is 3.52. The van der Waals surface area contributed by atoms with Crippen molar-refractivity contribution in [1.29, 1.82) is 0 Å². The van der Waals surface area contributed by atoms with Gasteiger partial charge >= 0.3 is 5.97 Å². The number of likely N-dealkylation sites (N-methyl/N-ethyl adjacent to an activating group) is 1. The highest BCUT2D eigenvalue weighted by Crippen LogP contribution is 2.31. The van der Waals surface area contributed by atoms with Gasteiger partial charge in [0.25, 0.3) is 0 Å². The molecule has 0 aromatic heterocycles. The van der Waals surface area contributed by atoms with Crippen LogP contribution in [-0.2, 0) is 16.0 Å². The first kappa shape index (κ1) is 12.9. The number of benzene rings is 2. The van der Waals surface area contributed by atoms with E-state index in [2.05, 4.69) is 0 Å². The first-order chi connectivity index (χ1) is 9.75. The van der Waals surface area contributed by atoms with E-state index in [0.29, 0.717) is 6.42 Å². The van der Waals surface area contributed by atoms with Crippen LogP contribution in [0.1, 0.15) is 17.4 Å². The van der Waals surface area contributed by atoms with Gasteiger partial charge in [-0.3, -0.25) is 9.69 Å². The molecule has 1 aliphatic heterocycles. The molecule has 0 aliphatic carbocycles. The van der Waals surface area contributed by atoms with Gasteiger partial charge < -0.3 is 4.74 Å². The molecule has 0 unspecified atom stereocenters. The highest BCUT2D eigenvalue weighted by Gasteiger charge is 2.40. The molecule has 0 N–H and O–H groups in total. The highest BCUT2D eigenvalue weighted by molar-refractivity contribution is 5.78. The average Bonchev–Trinajstić information content (AvgIpc) is 2.77. The van der Waals surface area contributed by atoms with Crippen molar-refractivity contribution in [2.24, 2.45) is 0 Å². The van der Waals surface area contributed by atoms with E-state index >= 15 is 0 Å². The summed E-state index contributed by atoms with van der Waals surface area (Å²) in [7, 11) is 1.94. The smallest absolute Gasteiger partial charge is 0.325 e. The molecule has 0 saturated carbocycles. The number of rotatable bonds is 3. The second kappa shape index (κ2) is 5.47. The summed E-state index contributed by atoms with van der Waals surface area (Å²) in [6.45, 7) is 0. The molecule has 3 rings (SSSR count). The molecule has 20 heavy (non-hydrogen) atoms. The van der Waals surface area contributed by atoms with Gasteiger partial charge in [-0.25, -0.2) is 0 Å². The largest absolute Gasteiger partial charge is 0.441 e. The monoisotopic (exact) mass is 267 g/mol. The molecule has 1 fully saturated rings. The van der Waals surface area contributed by atoms with E-state index < -0.39 is 0 Å². The summed E-state index contributed by atoms with van der Waals surface area (Å²) in [5.74, 6) is -0.148. The summed E-state index contributed by atoms with van der Waals surface area (Å²) in [5.41, 5.74) is 2.16. The van der Waals surface area contributed by atoms with Gasteiger partial charge in [0, 0.05) is 5.56 Å². The lowest BCUT2D eigenvalue weighted by Gasteiger charge is -2.21. The highest BCUT2D eigenvalue weighted by atomic mass is 16.6. The number of hydrogen-bond donors (Lipinski definition) is 0. The molecule has 1 aliphatic rings. The fourth-order valence-corrected chi connectivity index (χ4v) is 2.59. The zero-order valence-electron chi connectivity index (χ0n) is 11.4. The zero-order valence-corrected chi connectivity index (χ0v) is 11.4. The van der Waals surface area contributed by atoms with Gasteiger partial charge in [0.1, 0.15) is 6.04 Å². The molecule has 0 bridgehead atoms. The lowest BCUT2D eigenvalue weighted by atomic mass is 10.1. The third-order valence-electron chi connectivity index (χ3n) is 3.72. The Labute approximate surface area is 118 Å². The van der Waals surface area contributed by atoms with E-state index in [1.807, 2.05) is 72.6 Å². The first-order valence-corrected chi connectivity index (χ1v) is 6.77. The number of hydrogen-bond acceptors (Lipinski definition) is 3. The van der Waals surface area contributed by atoms with Crippen molar-refractivity contribution in [1.82, 2.24) is 4.90 Å². The van der Waals surface area contributed by atoms with E-state index in [1.165, 1.54) is 0 Å². The van der Waals surface area contributed by atoms with Crippen LogP contribution in [-0.4, -0.2) is 24.0 Å².